The number of carbonyl (C=O) groups is 3. The monoisotopic (exact) mass is 799 g/mol. The van der Waals surface area contributed by atoms with E-state index in [1.165, 1.54) is 17.8 Å². The Hall–Kier alpha value is -4.79. The number of halogens is 3. The maximum Gasteiger partial charge on any atom is 0.416 e. The third-order valence-corrected chi connectivity index (χ3v) is 12.8. The predicted octanol–water partition coefficient (Wildman–Crippen LogP) is 6.59. The van der Waals surface area contributed by atoms with Gasteiger partial charge < -0.3 is 19.5 Å². The van der Waals surface area contributed by atoms with E-state index in [0.717, 1.165) is 125 Å². The molecule has 4 aromatic rings. The molecule has 3 N–H and O–H groups in total. The number of aliphatic hydroxyl groups is 1. The average molecular weight is 800 g/mol. The van der Waals surface area contributed by atoms with Gasteiger partial charge in [0, 0.05) is 82.7 Å². The quantitative estimate of drug-likeness (QED) is 0.154. The van der Waals surface area contributed by atoms with Gasteiger partial charge in [0.25, 0.3) is 5.91 Å². The first-order chi connectivity index (χ1) is 28.0. The van der Waals surface area contributed by atoms with Crippen molar-refractivity contribution in [2.75, 3.05) is 62.6 Å². The topological polar surface area (TPSA) is 123 Å². The van der Waals surface area contributed by atoms with E-state index in [9.17, 15) is 32.7 Å². The third-order valence-electron chi connectivity index (χ3n) is 12.8. The van der Waals surface area contributed by atoms with Crippen molar-refractivity contribution in [2.24, 2.45) is 11.8 Å². The molecular formula is C44H52F3N7O4. The van der Waals surface area contributed by atoms with Crippen molar-refractivity contribution in [3.63, 3.8) is 0 Å². The summed E-state index contributed by atoms with van der Waals surface area (Å²) in [5.74, 6) is -0.104. The molecule has 3 aromatic carbocycles. The third kappa shape index (κ3) is 9.08. The number of alkyl halides is 3. The molecule has 14 heteroatoms. The second-order valence-corrected chi connectivity index (χ2v) is 16.6. The summed E-state index contributed by atoms with van der Waals surface area (Å²) in [6.07, 6.45) is 1.93. The molecule has 0 radical (unpaired) electrons. The molecule has 1 saturated carbocycles. The van der Waals surface area contributed by atoms with Crippen LogP contribution in [0.5, 0.6) is 0 Å². The van der Waals surface area contributed by atoms with Crippen molar-refractivity contribution < 1.29 is 32.7 Å². The van der Waals surface area contributed by atoms with Gasteiger partial charge in [-0.2, -0.15) is 13.2 Å². The fourth-order valence-corrected chi connectivity index (χ4v) is 9.35. The highest BCUT2D eigenvalue weighted by molar-refractivity contribution is 6.04. The number of carbonyl (C=O) groups excluding carboxylic acids is 3. The van der Waals surface area contributed by atoms with Crippen LogP contribution in [0.25, 0.3) is 11.0 Å². The molecule has 11 nitrogen and oxygen atoms in total. The number of imide groups is 1. The summed E-state index contributed by atoms with van der Waals surface area (Å²) in [6.45, 7) is 7.92. The zero-order valence-corrected chi connectivity index (χ0v) is 32.7. The number of piperidine rings is 2. The number of aliphatic hydroxyl groups excluding tert-OH is 1. The van der Waals surface area contributed by atoms with Crippen LogP contribution in [0.3, 0.4) is 0 Å². The number of anilines is 2. The molecule has 58 heavy (non-hydrogen) atoms. The Labute approximate surface area is 336 Å². The molecule has 0 unspecified atom stereocenters. The fourth-order valence-electron chi connectivity index (χ4n) is 9.35. The van der Waals surface area contributed by atoms with Gasteiger partial charge in [0.15, 0.2) is 0 Å². The maximum absolute atomic E-state index is 13.4. The number of nitrogens with one attached hydrogen (secondary N) is 2. The number of piperazine rings is 1. The zero-order valence-electron chi connectivity index (χ0n) is 32.7. The summed E-state index contributed by atoms with van der Waals surface area (Å²) in [5.41, 5.74) is 3.89. The number of nitrogens with zero attached hydrogens (tertiary/aromatic N) is 5. The number of rotatable bonds is 10. The molecule has 1 aliphatic carbocycles. The Kier molecular flexibility index (Phi) is 11.9. The number of hydrogen-bond donors (Lipinski definition) is 3. The van der Waals surface area contributed by atoms with Gasteiger partial charge in [-0.25, -0.2) is 4.98 Å². The van der Waals surface area contributed by atoms with Crippen LogP contribution in [0.2, 0.25) is 0 Å². The van der Waals surface area contributed by atoms with E-state index < -0.39 is 17.6 Å². The zero-order chi connectivity index (χ0) is 40.4. The SMILES string of the molecule is O=C1CC[C@@H](c2ccc(N3CCC(CN4CCN(Cc5ccc6c(c5)nc(NC(=O)c5cccc(C(F)(F)F)c5)n6[C@H]5CC[C@@H](CO)CC5)CC4)CC3)cc2)C(=O)N1. The number of fused-ring (bicyclic) bond motifs is 1. The van der Waals surface area contributed by atoms with Crippen molar-refractivity contribution in [2.45, 2.75) is 76.0 Å². The number of hydrogen-bond acceptors (Lipinski definition) is 8. The number of imidazole rings is 1. The second-order valence-electron chi connectivity index (χ2n) is 16.6. The minimum atomic E-state index is -4.56. The minimum Gasteiger partial charge on any atom is -0.396 e. The van der Waals surface area contributed by atoms with Crippen molar-refractivity contribution in [3.05, 3.63) is 89.0 Å². The fraction of sp³-hybridized carbons (Fsp3) is 0.500. The molecule has 8 rings (SSSR count). The van der Waals surface area contributed by atoms with Gasteiger partial charge in [-0.1, -0.05) is 24.3 Å². The van der Waals surface area contributed by atoms with Crippen molar-refractivity contribution >= 4 is 40.4 Å². The van der Waals surface area contributed by atoms with E-state index in [2.05, 4.69) is 49.6 Å². The molecule has 4 aliphatic rings. The number of benzene rings is 3. The smallest absolute Gasteiger partial charge is 0.396 e. The van der Waals surface area contributed by atoms with E-state index in [0.29, 0.717) is 24.7 Å². The van der Waals surface area contributed by atoms with Crippen LogP contribution in [0.1, 0.15) is 90.4 Å². The lowest BCUT2D eigenvalue weighted by Crippen LogP contribution is -2.48. The summed E-state index contributed by atoms with van der Waals surface area (Å²) < 4.78 is 42.3. The highest BCUT2D eigenvalue weighted by atomic mass is 19.4. The van der Waals surface area contributed by atoms with E-state index in [1.807, 2.05) is 22.8 Å². The second kappa shape index (κ2) is 17.2. The normalized spacial score (nSPS) is 23.0. The van der Waals surface area contributed by atoms with Gasteiger partial charge in [-0.3, -0.25) is 29.9 Å². The number of aromatic nitrogens is 2. The van der Waals surface area contributed by atoms with E-state index in [-0.39, 0.29) is 41.9 Å². The molecule has 1 atom stereocenters. The lowest BCUT2D eigenvalue weighted by atomic mass is 9.86. The Morgan fingerprint density at radius 1 is 0.828 bits per heavy atom. The molecule has 308 valence electrons. The van der Waals surface area contributed by atoms with Gasteiger partial charge >= 0.3 is 6.18 Å². The van der Waals surface area contributed by atoms with Crippen LogP contribution in [-0.2, 0) is 22.3 Å². The summed E-state index contributed by atoms with van der Waals surface area (Å²) in [5, 5.41) is 15.0. The highest BCUT2D eigenvalue weighted by Gasteiger charge is 2.32. The van der Waals surface area contributed by atoms with Gasteiger partial charge in [0.05, 0.1) is 22.5 Å². The minimum absolute atomic E-state index is 0.0363. The molecule has 1 aromatic heterocycles. The van der Waals surface area contributed by atoms with Crippen molar-refractivity contribution in [3.8, 4) is 0 Å². The van der Waals surface area contributed by atoms with E-state index in [1.54, 1.807) is 0 Å². The van der Waals surface area contributed by atoms with Crippen LogP contribution in [0.4, 0.5) is 24.8 Å². The molecular weight excluding hydrogens is 748 g/mol. The van der Waals surface area contributed by atoms with Crippen LogP contribution in [-0.4, -0.2) is 94.6 Å². The molecule has 4 fully saturated rings. The van der Waals surface area contributed by atoms with Crippen LogP contribution in [0.15, 0.2) is 66.7 Å². The van der Waals surface area contributed by atoms with E-state index in [4.69, 9.17) is 4.98 Å². The van der Waals surface area contributed by atoms with Gasteiger partial charge in [-0.05, 0) is 110 Å². The molecule has 0 bridgehead atoms. The standard InChI is InChI=1S/C44H52F3N7O4/c45-44(46,47)34-3-1-2-33(25-34)41(57)50-43-48-38-24-31(6-14-39(38)54(43)36-9-4-30(28-55)5-10-36)27-52-22-20-51(21-23-52)26-29-16-18-53(19-17-29)35-11-7-32(8-12-35)37-13-15-40(56)49-42(37)58/h1-3,6-8,11-12,14,24-25,29-30,36-37,55H,4-5,9-10,13,15-23,26-28H2,(H,48,50,57)(H,49,56,58)/t30-,36+,37-/m0/s1. The molecule has 3 amide bonds. The molecule has 3 saturated heterocycles. The van der Waals surface area contributed by atoms with Crippen molar-refractivity contribution in [1.29, 1.82) is 0 Å². The first-order valence-electron chi connectivity index (χ1n) is 20.7. The summed E-state index contributed by atoms with van der Waals surface area (Å²) in [4.78, 5) is 49.5. The lowest BCUT2D eigenvalue weighted by molar-refractivity contribution is -0.138. The Morgan fingerprint density at radius 2 is 1.55 bits per heavy atom. The van der Waals surface area contributed by atoms with Gasteiger partial charge in [-0.15, -0.1) is 0 Å². The molecule has 4 heterocycles. The summed E-state index contributed by atoms with van der Waals surface area (Å²) >= 11 is 0. The van der Waals surface area contributed by atoms with Crippen LogP contribution < -0.4 is 15.5 Å². The Morgan fingerprint density at radius 3 is 2.24 bits per heavy atom. The first-order valence-corrected chi connectivity index (χ1v) is 20.7. The molecule has 0 spiro atoms. The van der Waals surface area contributed by atoms with Gasteiger partial charge in [0.2, 0.25) is 17.8 Å². The Balaban J connectivity index is 0.856. The van der Waals surface area contributed by atoms with E-state index >= 15 is 0 Å². The predicted molar refractivity (Wildman–Crippen MR) is 215 cm³/mol. The lowest BCUT2D eigenvalue weighted by Gasteiger charge is -2.39. The highest BCUT2D eigenvalue weighted by Crippen LogP contribution is 2.38. The number of amides is 3. The summed E-state index contributed by atoms with van der Waals surface area (Å²) in [7, 11) is 0. The van der Waals surface area contributed by atoms with Crippen LogP contribution >= 0.6 is 0 Å². The average Bonchev–Trinajstić information content (AvgIpc) is 3.58. The van der Waals surface area contributed by atoms with Crippen molar-refractivity contribution in [1.82, 2.24) is 24.7 Å². The van der Waals surface area contributed by atoms with Gasteiger partial charge in [0.1, 0.15) is 0 Å². The first kappa shape index (κ1) is 40.0. The largest absolute Gasteiger partial charge is 0.416 e. The maximum atomic E-state index is 13.4. The summed E-state index contributed by atoms with van der Waals surface area (Å²) in [6, 6.07) is 19.0. The molecule has 3 aliphatic heterocycles. The Bertz CT molecular complexity index is 2100. The van der Waals surface area contributed by atoms with Crippen LogP contribution in [0, 0.1) is 11.8 Å².